The summed E-state index contributed by atoms with van der Waals surface area (Å²) in [6, 6.07) is 23.3. The molecule has 3 aromatic carbocycles. The molecule has 0 atom stereocenters. The average Bonchev–Trinajstić information content (AvgIpc) is 4.01. The van der Waals surface area contributed by atoms with Crippen LogP contribution in [-0.2, 0) is 14.2 Å². The van der Waals surface area contributed by atoms with Crippen LogP contribution in [0, 0.1) is 0 Å². The number of benzene rings is 3. The van der Waals surface area contributed by atoms with Crippen molar-refractivity contribution in [2.75, 3.05) is 4.90 Å². The highest BCUT2D eigenvalue weighted by molar-refractivity contribution is 9.11. The van der Waals surface area contributed by atoms with Crippen molar-refractivity contribution in [1.82, 2.24) is 23.2 Å². The molecule has 2 N–H and O–H groups in total. The smallest absolute Gasteiger partial charge is 0.339 e. The van der Waals surface area contributed by atoms with Crippen LogP contribution in [0.4, 0.5) is 10.5 Å². The quantitative estimate of drug-likeness (QED) is 0.0910. The number of hydrogen-bond acceptors (Lipinski definition) is 8. The molecular weight excluding hydrogens is 1160 g/mol. The molecule has 4 aliphatic rings. The number of nitrogens with zero attached hydrogens (tertiary/aromatic N) is 6. The summed E-state index contributed by atoms with van der Waals surface area (Å²) in [5.74, 6) is -0.847. The number of hydrogen-bond donors (Lipinski definition) is 0. The Kier molecular flexibility index (Phi) is 18.7. The van der Waals surface area contributed by atoms with Crippen molar-refractivity contribution in [3.63, 3.8) is 0 Å². The normalized spacial score (nSPS) is 15.6. The van der Waals surface area contributed by atoms with E-state index in [-0.39, 0.29) is 70.6 Å². The van der Waals surface area contributed by atoms with E-state index >= 15 is 0 Å². The third-order valence-corrected chi connectivity index (χ3v) is 11.5. The predicted octanol–water partition coefficient (Wildman–Crippen LogP) is 10.4. The van der Waals surface area contributed by atoms with Gasteiger partial charge in [0.1, 0.15) is 16.7 Å². The van der Waals surface area contributed by atoms with Gasteiger partial charge in [-0.05, 0) is 145 Å². The van der Waals surface area contributed by atoms with E-state index in [0.717, 1.165) is 61.4 Å². The molecule has 64 heavy (non-hydrogen) atoms. The first-order valence-corrected chi connectivity index (χ1v) is 26.0. The second kappa shape index (κ2) is 22.5. The number of imide groups is 2. The van der Waals surface area contributed by atoms with E-state index in [1.807, 2.05) is 12.1 Å². The van der Waals surface area contributed by atoms with E-state index in [4.69, 9.17) is 23.2 Å². The molecule has 0 radical (unpaired) electrons. The molecule has 2 aromatic heterocycles. The predicted molar refractivity (Wildman–Crippen MR) is 262 cm³/mol. The molecule has 24 heteroatoms. The minimum Gasteiger partial charge on any atom is -0.412 e. The molecule has 0 spiro atoms. The molecule has 15 nitrogen and oxygen atoms in total. The van der Waals surface area contributed by atoms with Crippen LogP contribution in [0.5, 0.6) is 0 Å². The van der Waals surface area contributed by atoms with E-state index in [9.17, 15) is 38.1 Å². The molecule has 4 amide bonds. The summed E-state index contributed by atoms with van der Waals surface area (Å²) in [4.78, 5) is 87.0. The van der Waals surface area contributed by atoms with Crippen LogP contribution in [-0.4, -0.2) is 52.5 Å². The van der Waals surface area contributed by atoms with Crippen LogP contribution in [0.1, 0.15) is 64.5 Å². The highest BCUT2D eigenvalue weighted by Gasteiger charge is 2.45. The lowest BCUT2D eigenvalue weighted by Gasteiger charge is -2.32. The van der Waals surface area contributed by atoms with Gasteiger partial charge in [-0.25, -0.2) is 23.9 Å². The second-order valence-corrected chi connectivity index (χ2v) is 24.2. The second-order valence-electron chi connectivity index (χ2n) is 14.1. The van der Waals surface area contributed by atoms with Crippen LogP contribution < -0.4 is 27.4 Å². The summed E-state index contributed by atoms with van der Waals surface area (Å²) in [5.41, 5.74) is 0.206. The molecule has 9 rings (SSSR count). The summed E-state index contributed by atoms with van der Waals surface area (Å²) in [5, 5.41) is -2.87. The molecule has 1 saturated heterocycles. The SMILES string of the molecule is C.O.O=C1CC(=O)N(C2CC2)C(=O)N1c1ccc(Br)cc1.O=P(Cl)(Cl)Cl.O=c1cc(Cl)n(-c2ccc(Br)cc2)c(=O)n1C1CC1.O=c1cc(Cl)n(C2CC2)c(=O)n1-c1ccc(Br)cc1. The van der Waals surface area contributed by atoms with Crippen LogP contribution >= 0.6 is 110 Å². The van der Waals surface area contributed by atoms with Gasteiger partial charge in [-0.2, -0.15) is 0 Å². The number of carbonyl (C=O) groups is 3. The Hall–Kier alpha value is -3.29. The van der Waals surface area contributed by atoms with E-state index in [2.05, 4.69) is 81.5 Å². The summed E-state index contributed by atoms with van der Waals surface area (Å²) in [7, 11) is 0. The fourth-order valence-corrected chi connectivity index (χ4v) is 7.55. The van der Waals surface area contributed by atoms with Gasteiger partial charge in [-0.1, -0.05) is 78.4 Å². The molecule has 0 bridgehead atoms. The maximum absolute atomic E-state index is 12.4. The first-order valence-electron chi connectivity index (χ1n) is 18.5. The van der Waals surface area contributed by atoms with Crippen molar-refractivity contribution >= 4 is 133 Å². The standard InChI is InChI=1S/2C13H10BrClN2O2.C13H11BrN2O3.CH4.Cl3OP.H2O/c14-8-1-3-10(4-2-8)17-12(18)7-11(15)16(13(17)19)9-5-6-9;14-8-1-3-9(4-2-8)16-11(15)7-12(18)17(13(16)19)10-5-6-10;14-8-1-3-9(4-2-8)15-11(17)7-12(18)16(13(15)19)10-5-6-10;;1-5(2,3)4;/h1-4,7,9H,5-6H2;1-4,7,10H,5-6H2;1-4,10H,5-7H2;1H4;;1H2. The molecule has 342 valence electrons. The third kappa shape index (κ3) is 13.6. The van der Waals surface area contributed by atoms with E-state index < -0.39 is 22.7 Å². The van der Waals surface area contributed by atoms with Gasteiger partial charge in [-0.15, -0.1) is 0 Å². The Labute approximate surface area is 414 Å². The molecule has 4 fully saturated rings. The lowest BCUT2D eigenvalue weighted by molar-refractivity contribution is -0.135. The van der Waals surface area contributed by atoms with Gasteiger partial charge in [-0.3, -0.25) is 42.3 Å². The van der Waals surface area contributed by atoms with Crippen molar-refractivity contribution < 1.29 is 24.4 Å². The number of anilines is 1. The molecule has 5 aromatic rings. The third-order valence-electron chi connectivity index (χ3n) is 9.39. The summed E-state index contributed by atoms with van der Waals surface area (Å²) < 4.78 is 17.5. The monoisotopic (exact) mass is 1190 g/mol. The van der Waals surface area contributed by atoms with Crippen LogP contribution in [0.25, 0.3) is 11.4 Å². The number of rotatable bonds is 6. The van der Waals surface area contributed by atoms with Gasteiger partial charge in [0.25, 0.3) is 11.1 Å². The number of urea groups is 1. The Morgan fingerprint density at radius 1 is 0.516 bits per heavy atom. The van der Waals surface area contributed by atoms with Crippen LogP contribution in [0.15, 0.2) is 118 Å². The fraction of sp³-hybridized carbons (Fsp3) is 0.275. The van der Waals surface area contributed by atoms with E-state index in [0.29, 0.717) is 17.1 Å². The Balaban J connectivity index is 0.000000197. The zero-order valence-electron chi connectivity index (χ0n) is 32.2. The van der Waals surface area contributed by atoms with Gasteiger partial charge in [0.05, 0.1) is 17.1 Å². The summed E-state index contributed by atoms with van der Waals surface area (Å²) in [6.07, 6.45) is 5.03. The molecule has 3 heterocycles. The highest BCUT2D eigenvalue weighted by atomic mass is 79.9. The zero-order valence-corrected chi connectivity index (χ0v) is 41.6. The fourth-order valence-electron chi connectivity index (χ4n) is 6.19. The topological polar surface area (TPSA) is 194 Å². The zero-order chi connectivity index (χ0) is 45.2. The lowest BCUT2D eigenvalue weighted by atomic mass is 10.2. The molecule has 3 aliphatic carbocycles. The summed E-state index contributed by atoms with van der Waals surface area (Å²) in [6.45, 7) is 0. The number of halogens is 8. The molecule has 1 aliphatic heterocycles. The number of carbonyl (C=O) groups excluding carboxylic acids is 3. The average molecular weight is 1190 g/mol. The lowest BCUT2D eigenvalue weighted by Crippen LogP contribution is -2.56. The Morgan fingerprint density at radius 2 is 0.891 bits per heavy atom. The van der Waals surface area contributed by atoms with Crippen LogP contribution in [0.3, 0.4) is 0 Å². The molecule has 3 saturated carbocycles. The van der Waals surface area contributed by atoms with Crippen LogP contribution in [0.2, 0.25) is 10.3 Å². The van der Waals surface area contributed by atoms with Gasteiger partial charge in [0, 0.05) is 43.7 Å². The Bertz CT molecular complexity index is 2820. The number of aromatic nitrogens is 4. The molecular formula is C40H37Br3Cl5N6O9P. The van der Waals surface area contributed by atoms with Crippen molar-refractivity contribution in [2.24, 2.45) is 0 Å². The van der Waals surface area contributed by atoms with Crippen molar-refractivity contribution in [3.8, 4) is 11.4 Å². The highest BCUT2D eigenvalue weighted by Crippen LogP contribution is 2.61. The Morgan fingerprint density at radius 3 is 1.33 bits per heavy atom. The van der Waals surface area contributed by atoms with Gasteiger partial charge in [0.15, 0.2) is 0 Å². The maximum Gasteiger partial charge on any atom is 0.339 e. The van der Waals surface area contributed by atoms with Gasteiger partial charge >= 0.3 is 22.6 Å². The van der Waals surface area contributed by atoms with Crippen molar-refractivity contribution in [3.05, 3.63) is 150 Å². The first-order chi connectivity index (χ1) is 29.2. The number of amides is 4. The van der Waals surface area contributed by atoms with Gasteiger partial charge in [0.2, 0.25) is 11.8 Å². The summed E-state index contributed by atoms with van der Waals surface area (Å²) >= 11 is 35.9. The minimum absolute atomic E-state index is 0. The van der Waals surface area contributed by atoms with E-state index in [1.54, 1.807) is 60.7 Å². The number of barbiturate groups is 1. The van der Waals surface area contributed by atoms with Gasteiger partial charge < -0.3 is 5.48 Å². The van der Waals surface area contributed by atoms with Crippen molar-refractivity contribution in [1.29, 1.82) is 0 Å². The minimum atomic E-state index is -3.22. The maximum atomic E-state index is 12.4. The largest absolute Gasteiger partial charge is 0.412 e. The van der Waals surface area contributed by atoms with Crippen molar-refractivity contribution in [2.45, 2.75) is 70.5 Å². The molecule has 0 unspecified atom stereocenters. The van der Waals surface area contributed by atoms with E-state index in [1.165, 1.54) is 30.7 Å². The first kappa shape index (κ1) is 53.3.